The molecular weight excluding hydrogens is 344 g/mol. The summed E-state index contributed by atoms with van der Waals surface area (Å²) in [6.45, 7) is 4.11. The number of aryl methyl sites for hydroxylation is 1. The summed E-state index contributed by atoms with van der Waals surface area (Å²) in [6.07, 6.45) is 0. The number of hydrogen-bond acceptors (Lipinski definition) is 6. The molecule has 0 aliphatic carbocycles. The minimum atomic E-state index is -1.15. The van der Waals surface area contributed by atoms with E-state index in [1.165, 1.54) is 18.4 Å². The van der Waals surface area contributed by atoms with Gasteiger partial charge in [-0.05, 0) is 38.1 Å². The van der Waals surface area contributed by atoms with E-state index in [1.54, 1.807) is 6.92 Å². The Morgan fingerprint density at radius 2 is 2.00 bits per heavy atom. The molecule has 7 nitrogen and oxygen atoms in total. The first-order valence-electron chi connectivity index (χ1n) is 7.69. The predicted octanol–water partition coefficient (Wildman–Crippen LogP) is 2.35. The minimum absolute atomic E-state index is 0.106. The lowest BCUT2D eigenvalue weighted by Crippen LogP contribution is -2.43. The van der Waals surface area contributed by atoms with Gasteiger partial charge >= 0.3 is 5.97 Å². The third-order valence-corrected chi connectivity index (χ3v) is 4.56. The van der Waals surface area contributed by atoms with Gasteiger partial charge in [-0.15, -0.1) is 11.3 Å². The molecule has 1 amide bonds. The van der Waals surface area contributed by atoms with Crippen molar-refractivity contribution < 1.29 is 24.2 Å². The van der Waals surface area contributed by atoms with Crippen molar-refractivity contribution in [2.45, 2.75) is 19.9 Å². The second-order valence-corrected chi connectivity index (χ2v) is 6.21. The zero-order chi connectivity index (χ0) is 18.4. The molecule has 0 saturated heterocycles. The van der Waals surface area contributed by atoms with Crippen LogP contribution in [-0.2, 0) is 9.53 Å². The van der Waals surface area contributed by atoms with Crippen LogP contribution in [0.1, 0.15) is 22.3 Å². The lowest BCUT2D eigenvalue weighted by molar-refractivity contribution is -0.140. The van der Waals surface area contributed by atoms with Crippen molar-refractivity contribution in [2.75, 3.05) is 20.3 Å². The molecule has 0 aliphatic rings. The molecule has 0 radical (unpaired) electrons. The number of carbonyl (C=O) groups excluding carboxylic acids is 1. The molecule has 0 fully saturated rings. The van der Waals surface area contributed by atoms with E-state index in [-0.39, 0.29) is 6.61 Å². The second kappa shape index (κ2) is 8.59. The fourth-order valence-electron chi connectivity index (χ4n) is 2.16. The summed E-state index contributed by atoms with van der Waals surface area (Å²) in [5, 5.41) is 12.2. The topological polar surface area (TPSA) is 97.8 Å². The number of carbonyl (C=O) groups is 2. The molecule has 2 N–H and O–H groups in total. The molecule has 0 saturated carbocycles. The number of ether oxygens (including phenoxy) is 2. The number of rotatable bonds is 8. The maximum atomic E-state index is 12.4. The van der Waals surface area contributed by atoms with E-state index in [0.717, 1.165) is 11.3 Å². The molecule has 0 aliphatic heterocycles. The van der Waals surface area contributed by atoms with Crippen molar-refractivity contribution >= 4 is 23.2 Å². The van der Waals surface area contributed by atoms with E-state index in [2.05, 4.69) is 10.3 Å². The summed E-state index contributed by atoms with van der Waals surface area (Å²) in [6, 6.07) is 6.32. The van der Waals surface area contributed by atoms with Crippen LogP contribution in [-0.4, -0.2) is 48.3 Å². The maximum absolute atomic E-state index is 12.4. The van der Waals surface area contributed by atoms with Gasteiger partial charge in [0.2, 0.25) is 0 Å². The number of carboxylic acids is 1. The highest BCUT2D eigenvalue weighted by Crippen LogP contribution is 2.29. The number of aliphatic carboxylic acids is 1. The van der Waals surface area contributed by atoms with Gasteiger partial charge in [0.1, 0.15) is 15.6 Å². The van der Waals surface area contributed by atoms with Gasteiger partial charge in [0.05, 0.1) is 18.9 Å². The monoisotopic (exact) mass is 364 g/mol. The highest BCUT2D eigenvalue weighted by atomic mass is 32.1. The average Bonchev–Trinajstić information content (AvgIpc) is 2.97. The van der Waals surface area contributed by atoms with Crippen LogP contribution in [0.25, 0.3) is 10.6 Å². The Balaban J connectivity index is 2.18. The zero-order valence-electron chi connectivity index (χ0n) is 14.2. The largest absolute Gasteiger partial charge is 0.494 e. The maximum Gasteiger partial charge on any atom is 0.328 e. The van der Waals surface area contributed by atoms with Crippen molar-refractivity contribution in [3.8, 4) is 16.3 Å². The summed E-state index contributed by atoms with van der Waals surface area (Å²) >= 11 is 1.21. The smallest absolute Gasteiger partial charge is 0.328 e. The van der Waals surface area contributed by atoms with Crippen LogP contribution in [0.2, 0.25) is 0 Å². The van der Waals surface area contributed by atoms with E-state index < -0.39 is 17.9 Å². The molecule has 2 aromatic rings. The molecule has 134 valence electrons. The first-order valence-corrected chi connectivity index (χ1v) is 8.51. The van der Waals surface area contributed by atoms with Gasteiger partial charge in [0, 0.05) is 12.7 Å². The van der Waals surface area contributed by atoms with Gasteiger partial charge in [-0.25, -0.2) is 9.78 Å². The number of nitrogens with zero attached hydrogens (tertiary/aromatic N) is 1. The van der Waals surface area contributed by atoms with Crippen molar-refractivity contribution in [2.24, 2.45) is 0 Å². The Bertz CT molecular complexity index is 742. The summed E-state index contributed by atoms with van der Waals surface area (Å²) in [4.78, 5) is 28.3. The Labute approximate surface area is 149 Å². The van der Waals surface area contributed by atoms with E-state index in [9.17, 15) is 9.59 Å². The molecule has 25 heavy (non-hydrogen) atoms. The Kier molecular flexibility index (Phi) is 6.49. The van der Waals surface area contributed by atoms with Crippen LogP contribution in [0.3, 0.4) is 0 Å². The lowest BCUT2D eigenvalue weighted by Gasteiger charge is -2.12. The SMILES string of the molecule is CCOc1ccc(-c2nc(C)c(C(=O)NC(COC)C(=O)O)s2)cc1. The van der Waals surface area contributed by atoms with Gasteiger partial charge in [-0.3, -0.25) is 4.79 Å². The van der Waals surface area contributed by atoms with Crippen LogP contribution >= 0.6 is 11.3 Å². The third-order valence-electron chi connectivity index (χ3n) is 3.35. The molecule has 1 atom stereocenters. The molecule has 1 aromatic carbocycles. The van der Waals surface area contributed by atoms with Crippen molar-refractivity contribution in [3.05, 3.63) is 34.8 Å². The summed E-state index contributed by atoms with van der Waals surface area (Å²) in [5.74, 6) is -0.859. The van der Waals surface area contributed by atoms with Crippen LogP contribution in [0.5, 0.6) is 5.75 Å². The third kappa shape index (κ3) is 4.77. The molecular formula is C17H20N2O5S. The number of amides is 1. The number of thiazole rings is 1. The standard InChI is InChI=1S/C17H20N2O5S/c1-4-24-12-7-5-11(6-8-12)16-18-10(2)14(25-16)15(20)19-13(9-23-3)17(21)22/h5-8,13H,4,9H2,1-3H3,(H,19,20)(H,21,22). The number of benzene rings is 1. The summed E-state index contributed by atoms with van der Waals surface area (Å²) < 4.78 is 10.2. The Hall–Kier alpha value is -2.45. The molecule has 0 bridgehead atoms. The van der Waals surface area contributed by atoms with E-state index in [0.29, 0.717) is 22.2 Å². The van der Waals surface area contributed by atoms with Crippen molar-refractivity contribution in [1.82, 2.24) is 10.3 Å². The van der Waals surface area contributed by atoms with Gasteiger partial charge in [0.25, 0.3) is 5.91 Å². The number of aromatic nitrogens is 1. The number of methoxy groups -OCH3 is 1. The Morgan fingerprint density at radius 1 is 1.32 bits per heavy atom. The first kappa shape index (κ1) is 18.9. The number of nitrogens with one attached hydrogen (secondary N) is 1. The Morgan fingerprint density at radius 3 is 2.56 bits per heavy atom. The van der Waals surface area contributed by atoms with Gasteiger partial charge in [0.15, 0.2) is 6.04 Å². The highest BCUT2D eigenvalue weighted by Gasteiger charge is 2.23. The fraction of sp³-hybridized carbons (Fsp3) is 0.353. The van der Waals surface area contributed by atoms with Crippen LogP contribution in [0.4, 0.5) is 0 Å². The molecule has 2 rings (SSSR count). The molecule has 0 spiro atoms. The normalized spacial score (nSPS) is 11.8. The average molecular weight is 364 g/mol. The predicted molar refractivity (Wildman–Crippen MR) is 94.2 cm³/mol. The number of hydrogen-bond donors (Lipinski definition) is 2. The van der Waals surface area contributed by atoms with Gasteiger partial charge < -0.3 is 19.9 Å². The molecule has 8 heteroatoms. The lowest BCUT2D eigenvalue weighted by atomic mass is 10.2. The van der Waals surface area contributed by atoms with Crippen LogP contribution in [0, 0.1) is 6.92 Å². The summed E-state index contributed by atoms with van der Waals surface area (Å²) in [7, 11) is 1.38. The van der Waals surface area contributed by atoms with E-state index in [4.69, 9.17) is 14.6 Å². The second-order valence-electron chi connectivity index (χ2n) is 5.21. The quantitative estimate of drug-likeness (QED) is 0.746. The molecule has 1 unspecified atom stereocenters. The minimum Gasteiger partial charge on any atom is -0.494 e. The van der Waals surface area contributed by atoms with E-state index >= 15 is 0 Å². The summed E-state index contributed by atoms with van der Waals surface area (Å²) in [5.41, 5.74) is 1.41. The van der Waals surface area contributed by atoms with E-state index in [1.807, 2.05) is 31.2 Å². The van der Waals surface area contributed by atoms with Gasteiger partial charge in [-0.2, -0.15) is 0 Å². The highest BCUT2D eigenvalue weighted by molar-refractivity contribution is 7.17. The fourth-order valence-corrected chi connectivity index (χ4v) is 3.13. The molecule has 1 aromatic heterocycles. The molecule has 1 heterocycles. The van der Waals surface area contributed by atoms with Crippen molar-refractivity contribution in [1.29, 1.82) is 0 Å². The first-order chi connectivity index (χ1) is 12.0. The van der Waals surface area contributed by atoms with Crippen molar-refractivity contribution in [3.63, 3.8) is 0 Å². The zero-order valence-corrected chi connectivity index (χ0v) is 15.1. The van der Waals surface area contributed by atoms with Crippen LogP contribution in [0.15, 0.2) is 24.3 Å². The number of carboxylic acid groups (broad SMARTS) is 1. The van der Waals surface area contributed by atoms with Crippen LogP contribution < -0.4 is 10.1 Å². The van der Waals surface area contributed by atoms with Gasteiger partial charge in [-0.1, -0.05) is 0 Å².